The fourth-order valence-electron chi connectivity index (χ4n) is 1.75. The zero-order valence-electron chi connectivity index (χ0n) is 11.3. The van der Waals surface area contributed by atoms with E-state index in [1.54, 1.807) is 18.0 Å². The van der Waals surface area contributed by atoms with E-state index in [0.717, 1.165) is 4.90 Å². The van der Waals surface area contributed by atoms with Gasteiger partial charge in [0.05, 0.1) is 19.3 Å². The molecule has 5 nitrogen and oxygen atoms in total. The molecule has 1 N–H and O–H groups in total. The van der Waals surface area contributed by atoms with Gasteiger partial charge in [0.2, 0.25) is 0 Å². The summed E-state index contributed by atoms with van der Waals surface area (Å²) < 4.78 is 1.53. The molecule has 102 valence electrons. The first kappa shape index (κ1) is 14.0. The number of aromatic nitrogens is 3. The number of hydrogen-bond donors (Lipinski definition) is 1. The van der Waals surface area contributed by atoms with Crippen molar-refractivity contribution in [3.63, 3.8) is 0 Å². The molecule has 2 rings (SSSR count). The molecule has 0 fully saturated rings. The van der Waals surface area contributed by atoms with Crippen LogP contribution in [0.3, 0.4) is 0 Å². The third-order valence-electron chi connectivity index (χ3n) is 2.41. The summed E-state index contributed by atoms with van der Waals surface area (Å²) in [6.45, 7) is 6.52. The van der Waals surface area contributed by atoms with Crippen LogP contribution in [0, 0.1) is 0 Å². The smallest absolute Gasteiger partial charge is 0.270 e. The molecule has 0 bridgehead atoms. The topological polar surface area (TPSA) is 68.0 Å². The molecule has 0 aliphatic rings. The van der Waals surface area contributed by atoms with Gasteiger partial charge in [-0.05, 0) is 6.07 Å². The molecule has 0 aromatic carbocycles. The first-order valence-corrected chi connectivity index (χ1v) is 6.88. The average molecular weight is 279 g/mol. The molecule has 0 aliphatic heterocycles. The van der Waals surface area contributed by atoms with Crippen LogP contribution < -0.4 is 5.56 Å². The molecule has 0 aliphatic carbocycles. The number of hydrogen-bond acceptors (Lipinski definition) is 5. The number of pyridine rings is 1. The second kappa shape index (κ2) is 5.30. The standard InChI is InChI=1S/C13H17N3O2S/c1-13(2,3)19-9-6-10-12(15-7-9)16(4-5-17)11(18)8-14-10/h6-8,17H,4-5H2,1-3H3. The number of fused-ring (bicyclic) bond motifs is 1. The molecular weight excluding hydrogens is 262 g/mol. The Kier molecular flexibility index (Phi) is 3.91. The van der Waals surface area contributed by atoms with Crippen LogP contribution >= 0.6 is 11.8 Å². The monoisotopic (exact) mass is 279 g/mol. The summed E-state index contributed by atoms with van der Waals surface area (Å²) in [7, 11) is 0. The van der Waals surface area contributed by atoms with Gasteiger partial charge >= 0.3 is 0 Å². The van der Waals surface area contributed by atoms with Crippen molar-refractivity contribution in [2.24, 2.45) is 0 Å². The fourth-order valence-corrected chi connectivity index (χ4v) is 2.74. The van der Waals surface area contributed by atoms with Gasteiger partial charge in [-0.1, -0.05) is 20.8 Å². The summed E-state index contributed by atoms with van der Waals surface area (Å²) in [4.78, 5) is 21.1. The van der Waals surface area contributed by atoms with Gasteiger partial charge in [0.15, 0.2) is 5.65 Å². The predicted octanol–water partition coefficient (Wildman–Crippen LogP) is 1.67. The van der Waals surface area contributed by atoms with E-state index >= 15 is 0 Å². The molecule has 0 atom stereocenters. The Morgan fingerprint density at radius 1 is 1.32 bits per heavy atom. The Morgan fingerprint density at radius 3 is 2.68 bits per heavy atom. The number of thioether (sulfide) groups is 1. The summed E-state index contributed by atoms with van der Waals surface area (Å²) in [5.41, 5.74) is 0.937. The second-order valence-electron chi connectivity index (χ2n) is 5.20. The van der Waals surface area contributed by atoms with Crippen molar-refractivity contribution in [1.82, 2.24) is 14.5 Å². The highest BCUT2D eigenvalue weighted by atomic mass is 32.2. The number of nitrogens with zero attached hydrogens (tertiary/aromatic N) is 3. The highest BCUT2D eigenvalue weighted by Crippen LogP contribution is 2.32. The molecule has 0 saturated carbocycles. The number of aliphatic hydroxyl groups excluding tert-OH is 1. The second-order valence-corrected chi connectivity index (χ2v) is 7.10. The maximum atomic E-state index is 11.7. The fraction of sp³-hybridized carbons (Fsp3) is 0.462. The molecule has 19 heavy (non-hydrogen) atoms. The van der Waals surface area contributed by atoms with Crippen molar-refractivity contribution < 1.29 is 5.11 Å². The molecule has 0 saturated heterocycles. The molecule has 2 aromatic rings. The van der Waals surface area contributed by atoms with Gasteiger partial charge in [-0.25, -0.2) is 9.97 Å². The highest BCUT2D eigenvalue weighted by Gasteiger charge is 2.14. The summed E-state index contributed by atoms with van der Waals surface area (Å²) in [5.74, 6) is 0. The van der Waals surface area contributed by atoms with Crippen molar-refractivity contribution in [2.75, 3.05) is 6.61 Å². The van der Waals surface area contributed by atoms with Gasteiger partial charge in [-0.2, -0.15) is 0 Å². The van der Waals surface area contributed by atoms with Crippen molar-refractivity contribution in [2.45, 2.75) is 37.0 Å². The lowest BCUT2D eigenvalue weighted by Crippen LogP contribution is -2.22. The minimum Gasteiger partial charge on any atom is -0.395 e. The third-order valence-corrected chi connectivity index (χ3v) is 3.48. The van der Waals surface area contributed by atoms with Gasteiger partial charge in [0, 0.05) is 15.8 Å². The lowest BCUT2D eigenvalue weighted by atomic mass is 10.3. The zero-order valence-corrected chi connectivity index (χ0v) is 12.1. The van der Waals surface area contributed by atoms with Gasteiger partial charge in [-0.15, -0.1) is 11.8 Å². The van der Waals surface area contributed by atoms with E-state index in [9.17, 15) is 4.79 Å². The maximum absolute atomic E-state index is 11.7. The van der Waals surface area contributed by atoms with Gasteiger partial charge < -0.3 is 5.11 Å². The molecular formula is C13H17N3O2S. The lowest BCUT2D eigenvalue weighted by Gasteiger charge is -2.17. The summed E-state index contributed by atoms with van der Waals surface area (Å²) in [6.07, 6.45) is 3.01. The Labute approximate surface area is 115 Å². The largest absolute Gasteiger partial charge is 0.395 e. The highest BCUT2D eigenvalue weighted by molar-refractivity contribution is 8.00. The van der Waals surface area contributed by atoms with Crippen LogP contribution in [0.25, 0.3) is 11.2 Å². The molecule has 0 unspecified atom stereocenters. The quantitative estimate of drug-likeness (QED) is 0.866. The van der Waals surface area contributed by atoms with Crippen molar-refractivity contribution in [3.8, 4) is 0 Å². The van der Waals surface area contributed by atoms with E-state index in [0.29, 0.717) is 11.2 Å². The Balaban J connectivity index is 2.51. The normalized spacial score (nSPS) is 12.0. The number of aliphatic hydroxyl groups is 1. The van der Waals surface area contributed by atoms with Crippen LogP contribution in [0.4, 0.5) is 0 Å². The van der Waals surface area contributed by atoms with Crippen molar-refractivity contribution >= 4 is 22.9 Å². The van der Waals surface area contributed by atoms with E-state index < -0.39 is 0 Å². The molecule has 0 radical (unpaired) electrons. The summed E-state index contributed by atoms with van der Waals surface area (Å²) in [6, 6.07) is 1.92. The Bertz CT molecular complexity index is 646. The first-order valence-electron chi connectivity index (χ1n) is 6.06. The molecule has 6 heteroatoms. The van der Waals surface area contributed by atoms with Gasteiger partial charge in [0.1, 0.15) is 5.52 Å². The number of rotatable bonds is 3. The van der Waals surface area contributed by atoms with E-state index in [2.05, 4.69) is 30.7 Å². The Hall–Kier alpha value is -1.40. The van der Waals surface area contributed by atoms with Crippen LogP contribution in [-0.2, 0) is 6.54 Å². The van der Waals surface area contributed by atoms with Crippen LogP contribution in [0.5, 0.6) is 0 Å². The SMILES string of the molecule is CC(C)(C)Sc1cnc2c(c1)ncc(=O)n2CCO. The zero-order chi connectivity index (χ0) is 14.0. The average Bonchev–Trinajstić information content (AvgIpc) is 2.31. The summed E-state index contributed by atoms with van der Waals surface area (Å²) in [5, 5.41) is 9.00. The first-order chi connectivity index (χ1) is 8.90. The van der Waals surface area contributed by atoms with Crippen LogP contribution in [0.15, 0.2) is 28.2 Å². The Morgan fingerprint density at radius 2 is 2.05 bits per heavy atom. The van der Waals surface area contributed by atoms with Crippen molar-refractivity contribution in [3.05, 3.63) is 28.8 Å². The predicted molar refractivity (Wildman–Crippen MR) is 76.5 cm³/mol. The third kappa shape index (κ3) is 3.33. The molecule has 2 aromatic heterocycles. The van der Waals surface area contributed by atoms with Crippen LogP contribution in [0.1, 0.15) is 20.8 Å². The van der Waals surface area contributed by atoms with E-state index in [1.807, 2.05) is 6.07 Å². The molecule has 0 amide bonds. The van der Waals surface area contributed by atoms with E-state index in [-0.39, 0.29) is 23.5 Å². The van der Waals surface area contributed by atoms with Crippen molar-refractivity contribution in [1.29, 1.82) is 0 Å². The van der Waals surface area contributed by atoms with Gasteiger partial charge in [0.25, 0.3) is 5.56 Å². The van der Waals surface area contributed by atoms with Crippen LogP contribution in [0.2, 0.25) is 0 Å². The van der Waals surface area contributed by atoms with Crippen LogP contribution in [-0.4, -0.2) is 31.0 Å². The van der Waals surface area contributed by atoms with E-state index in [4.69, 9.17) is 5.11 Å². The maximum Gasteiger partial charge on any atom is 0.270 e. The minimum atomic E-state index is -0.245. The van der Waals surface area contributed by atoms with E-state index in [1.165, 1.54) is 10.8 Å². The molecule has 0 spiro atoms. The summed E-state index contributed by atoms with van der Waals surface area (Å²) >= 11 is 1.70. The minimum absolute atomic E-state index is 0.0922. The van der Waals surface area contributed by atoms with Gasteiger partial charge in [-0.3, -0.25) is 9.36 Å². The molecule has 2 heterocycles. The lowest BCUT2D eigenvalue weighted by molar-refractivity contribution is 0.276.